The highest BCUT2D eigenvalue weighted by atomic mass is 31.2. The summed E-state index contributed by atoms with van der Waals surface area (Å²) in [6.45, 7) is 9.88. The van der Waals surface area contributed by atoms with Crippen molar-refractivity contribution in [3.05, 3.63) is 54.5 Å². The fourth-order valence-corrected chi connectivity index (χ4v) is 7.04. The quantitative estimate of drug-likeness (QED) is 0.0949. The van der Waals surface area contributed by atoms with Crippen LogP contribution in [0.5, 0.6) is 5.75 Å². The van der Waals surface area contributed by atoms with Gasteiger partial charge < -0.3 is 34.9 Å². The number of benzene rings is 1. The number of hydrogen-bond donors (Lipinski definition) is 3. The first kappa shape index (κ1) is 41.2. The van der Waals surface area contributed by atoms with E-state index in [9.17, 15) is 24.2 Å². The molecule has 0 spiro atoms. The molecule has 1 aromatic carbocycles. The molecule has 288 valence electrons. The van der Waals surface area contributed by atoms with Crippen LogP contribution in [0.25, 0.3) is 5.52 Å². The van der Waals surface area contributed by atoms with E-state index in [4.69, 9.17) is 39.5 Å². The summed E-state index contributed by atoms with van der Waals surface area (Å²) < 4.78 is 51.1. The molecule has 0 bridgehead atoms. The standard InChI is InChI=1S/C35H48N7O10P/c1-7-23(8-2)17-47-33(44)22(6)41-53(46,52-24-13-11-10-12-14-24)48-18-26-30(50-34(45)29(37)21(4)5)31(49-28(43)9-3)35(19-36,51-26)27-16-15-25-32(38)39-20-40-42(25)27/h10-16,20-23,26,29-31H,7-9,17-18,37H2,1-6H3,(H,41,46)(H2,38,39,40)/t22-,26+,29-,30+,31+,35-,53?/m0/s1. The van der Waals surface area contributed by atoms with Gasteiger partial charge in [-0.1, -0.05) is 65.7 Å². The molecular weight excluding hydrogens is 709 g/mol. The van der Waals surface area contributed by atoms with Crippen LogP contribution in [0.3, 0.4) is 0 Å². The Hall–Kier alpha value is -4.59. The second-order valence-corrected chi connectivity index (χ2v) is 14.7. The Bertz CT molecular complexity index is 1820. The molecule has 0 amide bonds. The van der Waals surface area contributed by atoms with Gasteiger partial charge in [-0.25, -0.2) is 14.1 Å². The molecule has 2 aromatic heterocycles. The third-order valence-corrected chi connectivity index (χ3v) is 10.6. The van der Waals surface area contributed by atoms with Crippen molar-refractivity contribution in [2.45, 2.75) is 96.8 Å². The highest BCUT2D eigenvalue weighted by Gasteiger charge is 2.63. The molecule has 1 unspecified atom stereocenters. The lowest BCUT2D eigenvalue weighted by Crippen LogP contribution is -2.48. The second-order valence-electron chi connectivity index (χ2n) is 13.0. The van der Waals surface area contributed by atoms with Gasteiger partial charge >= 0.3 is 25.7 Å². The molecule has 1 saturated heterocycles. The van der Waals surface area contributed by atoms with Crippen molar-refractivity contribution in [2.75, 3.05) is 18.9 Å². The molecule has 1 fully saturated rings. The van der Waals surface area contributed by atoms with E-state index in [1.54, 1.807) is 45.0 Å². The van der Waals surface area contributed by atoms with Crippen LogP contribution in [0.2, 0.25) is 0 Å². The Morgan fingerprint density at radius 3 is 2.40 bits per heavy atom. The van der Waals surface area contributed by atoms with Crippen molar-refractivity contribution >= 4 is 37.0 Å². The molecule has 0 aliphatic carbocycles. The van der Waals surface area contributed by atoms with Crippen LogP contribution in [0.15, 0.2) is 48.8 Å². The molecule has 5 N–H and O–H groups in total. The van der Waals surface area contributed by atoms with E-state index in [1.807, 2.05) is 13.8 Å². The van der Waals surface area contributed by atoms with Crippen molar-refractivity contribution < 1.29 is 46.9 Å². The number of nitrogens with one attached hydrogen (secondary N) is 1. The Morgan fingerprint density at radius 2 is 1.77 bits per heavy atom. The number of carbonyl (C=O) groups excluding carboxylic acids is 3. The molecule has 3 aromatic rings. The Kier molecular flexibility index (Phi) is 13.9. The fourth-order valence-electron chi connectivity index (χ4n) is 5.53. The Labute approximate surface area is 308 Å². The maximum Gasteiger partial charge on any atom is 0.459 e. The van der Waals surface area contributed by atoms with Crippen LogP contribution in [-0.4, -0.2) is 76.1 Å². The minimum absolute atomic E-state index is 0.0605. The van der Waals surface area contributed by atoms with E-state index >= 15 is 0 Å². The maximum atomic E-state index is 14.5. The highest BCUT2D eigenvalue weighted by molar-refractivity contribution is 7.52. The zero-order valence-corrected chi connectivity index (χ0v) is 31.6. The van der Waals surface area contributed by atoms with Gasteiger partial charge in [-0.05, 0) is 43.0 Å². The lowest BCUT2D eigenvalue weighted by Gasteiger charge is -2.29. The van der Waals surface area contributed by atoms with E-state index < -0.39 is 68.3 Å². The number of nitrogen functional groups attached to an aromatic ring is 1. The molecule has 3 heterocycles. The zero-order chi connectivity index (χ0) is 38.9. The summed E-state index contributed by atoms with van der Waals surface area (Å²) in [4.78, 5) is 43.3. The van der Waals surface area contributed by atoms with Crippen molar-refractivity contribution in [3.63, 3.8) is 0 Å². The number of nitriles is 1. The number of anilines is 1. The molecule has 1 aliphatic rings. The van der Waals surface area contributed by atoms with Crippen molar-refractivity contribution in [3.8, 4) is 11.8 Å². The average molecular weight is 758 g/mol. The fraction of sp³-hybridized carbons (Fsp3) is 0.543. The van der Waals surface area contributed by atoms with Gasteiger partial charge in [0, 0.05) is 6.42 Å². The number of rotatable bonds is 18. The summed E-state index contributed by atoms with van der Waals surface area (Å²) in [5, 5.41) is 17.7. The molecular formula is C35H48N7O10P. The molecule has 53 heavy (non-hydrogen) atoms. The average Bonchev–Trinajstić information content (AvgIpc) is 3.71. The van der Waals surface area contributed by atoms with Crippen LogP contribution in [-0.2, 0) is 48.0 Å². The summed E-state index contributed by atoms with van der Waals surface area (Å²) in [5.74, 6) is -2.31. The van der Waals surface area contributed by atoms with Crippen molar-refractivity contribution in [1.82, 2.24) is 19.7 Å². The van der Waals surface area contributed by atoms with E-state index in [0.717, 1.165) is 12.8 Å². The lowest BCUT2D eigenvalue weighted by molar-refractivity contribution is -0.170. The minimum Gasteiger partial charge on any atom is -0.464 e. The number of esters is 3. The predicted molar refractivity (Wildman–Crippen MR) is 191 cm³/mol. The summed E-state index contributed by atoms with van der Waals surface area (Å²) in [6, 6.07) is 10.9. The number of ether oxygens (including phenoxy) is 4. The van der Waals surface area contributed by atoms with E-state index in [2.05, 4.69) is 21.2 Å². The second kappa shape index (κ2) is 18.0. The third kappa shape index (κ3) is 9.51. The number of aromatic nitrogens is 3. The monoisotopic (exact) mass is 757 g/mol. The number of fused-ring (bicyclic) bond motifs is 1. The number of hydrogen-bond acceptors (Lipinski definition) is 15. The molecule has 0 saturated carbocycles. The summed E-state index contributed by atoms with van der Waals surface area (Å²) in [5.41, 5.74) is 10.4. The normalized spacial score (nSPS) is 22.2. The number of para-hydroxylation sites is 1. The van der Waals surface area contributed by atoms with Gasteiger partial charge in [-0.2, -0.15) is 15.4 Å². The molecule has 0 radical (unpaired) electrons. The summed E-state index contributed by atoms with van der Waals surface area (Å²) in [6.07, 6.45) is -1.94. The van der Waals surface area contributed by atoms with Gasteiger partial charge in [0.2, 0.25) is 5.60 Å². The van der Waals surface area contributed by atoms with Gasteiger partial charge in [0.05, 0.1) is 18.9 Å². The number of carbonyl (C=O) groups is 3. The third-order valence-electron chi connectivity index (χ3n) is 8.92. The van der Waals surface area contributed by atoms with Gasteiger partial charge in [-0.15, -0.1) is 0 Å². The van der Waals surface area contributed by atoms with Crippen LogP contribution < -0.4 is 21.1 Å². The first-order valence-electron chi connectivity index (χ1n) is 17.5. The molecule has 17 nitrogen and oxygen atoms in total. The maximum absolute atomic E-state index is 14.5. The first-order chi connectivity index (χ1) is 25.2. The number of nitrogens with two attached hydrogens (primary N) is 2. The van der Waals surface area contributed by atoms with Crippen LogP contribution >= 0.6 is 7.75 Å². The SMILES string of the molecule is CCC(=O)O[C@@H]1[C@H](OC(=O)[C@@H](N)C(C)C)[C@@H](COP(=O)(N[C@@H](C)C(=O)OCC(CC)CC)Oc2ccccc2)O[C@@]1(C#N)c1ccc2c(N)ncnn12. The summed E-state index contributed by atoms with van der Waals surface area (Å²) >= 11 is 0. The smallest absolute Gasteiger partial charge is 0.459 e. The van der Waals surface area contributed by atoms with Crippen molar-refractivity contribution in [1.29, 1.82) is 5.26 Å². The van der Waals surface area contributed by atoms with Gasteiger partial charge in [0.15, 0.2) is 18.0 Å². The van der Waals surface area contributed by atoms with Crippen LogP contribution in [0.4, 0.5) is 5.82 Å². The lowest BCUT2D eigenvalue weighted by atomic mass is 9.92. The van der Waals surface area contributed by atoms with E-state index in [0.29, 0.717) is 5.52 Å². The topological polar surface area (TPSA) is 242 Å². The van der Waals surface area contributed by atoms with Gasteiger partial charge in [-0.3, -0.25) is 18.9 Å². The van der Waals surface area contributed by atoms with Crippen LogP contribution in [0, 0.1) is 23.2 Å². The molecule has 4 rings (SSSR count). The Balaban J connectivity index is 1.75. The highest BCUT2D eigenvalue weighted by Crippen LogP contribution is 2.48. The molecule has 7 atom stereocenters. The van der Waals surface area contributed by atoms with Crippen molar-refractivity contribution in [2.24, 2.45) is 17.6 Å². The molecule has 1 aliphatic heterocycles. The predicted octanol–water partition coefficient (Wildman–Crippen LogP) is 3.81. The number of nitrogens with zero attached hydrogens (tertiary/aromatic N) is 4. The Morgan fingerprint density at radius 1 is 1.08 bits per heavy atom. The van der Waals surface area contributed by atoms with Gasteiger partial charge in [0.1, 0.15) is 41.9 Å². The van der Waals surface area contributed by atoms with E-state index in [-0.39, 0.29) is 42.1 Å². The van der Waals surface area contributed by atoms with Crippen LogP contribution in [0.1, 0.15) is 66.5 Å². The van der Waals surface area contributed by atoms with Gasteiger partial charge in [0.25, 0.3) is 0 Å². The first-order valence-corrected chi connectivity index (χ1v) is 19.0. The van der Waals surface area contributed by atoms with E-state index in [1.165, 1.54) is 36.0 Å². The molecule has 18 heteroatoms. The minimum atomic E-state index is -4.50. The summed E-state index contributed by atoms with van der Waals surface area (Å²) in [7, 11) is -4.50. The zero-order valence-electron chi connectivity index (χ0n) is 30.7. The largest absolute Gasteiger partial charge is 0.464 e.